The van der Waals surface area contributed by atoms with Crippen LogP contribution in [0.5, 0.6) is 5.75 Å². The summed E-state index contributed by atoms with van der Waals surface area (Å²) < 4.78 is 45.1. The number of imidazole rings is 1. The van der Waals surface area contributed by atoms with E-state index in [2.05, 4.69) is 15.2 Å². The van der Waals surface area contributed by atoms with Gasteiger partial charge < -0.3 is 24.4 Å². The average Bonchev–Trinajstić information content (AvgIpc) is 3.26. The number of alkyl halides is 3. The van der Waals surface area contributed by atoms with Gasteiger partial charge in [0.2, 0.25) is 0 Å². The smallest absolute Gasteiger partial charge is 0.406 e. The van der Waals surface area contributed by atoms with E-state index in [1.165, 1.54) is 6.07 Å². The summed E-state index contributed by atoms with van der Waals surface area (Å²) in [7, 11) is 3.53. The maximum atomic E-state index is 13.0. The minimum atomic E-state index is -4.81. The van der Waals surface area contributed by atoms with Crippen molar-refractivity contribution in [1.82, 2.24) is 24.0 Å². The number of rotatable bonds is 4. The van der Waals surface area contributed by atoms with Crippen LogP contribution in [0.1, 0.15) is 28.8 Å². The molecule has 2 aliphatic rings. The minimum absolute atomic E-state index is 0.00753. The molecule has 3 aromatic rings. The van der Waals surface area contributed by atoms with E-state index < -0.39 is 12.4 Å². The fourth-order valence-electron chi connectivity index (χ4n) is 5.14. The Bertz CT molecular complexity index is 1300. The number of urea groups is 1. The molecule has 0 atom stereocenters. The van der Waals surface area contributed by atoms with Crippen LogP contribution in [0, 0.1) is 12.3 Å². The lowest BCUT2D eigenvalue weighted by molar-refractivity contribution is -0.274. The van der Waals surface area contributed by atoms with E-state index in [1.54, 1.807) is 46.7 Å². The van der Waals surface area contributed by atoms with Crippen molar-refractivity contribution in [3.8, 4) is 5.75 Å². The number of benzene rings is 1. The fourth-order valence-corrected chi connectivity index (χ4v) is 5.14. The number of nitrogens with zero attached hydrogens (tertiary/aromatic N) is 5. The van der Waals surface area contributed by atoms with Crippen molar-refractivity contribution in [1.29, 1.82) is 0 Å². The van der Waals surface area contributed by atoms with Gasteiger partial charge >= 0.3 is 12.4 Å². The summed E-state index contributed by atoms with van der Waals surface area (Å²) in [5, 5.41) is 6.87. The number of aromatic nitrogens is 3. The number of halogens is 3. The highest BCUT2D eigenvalue weighted by Gasteiger charge is 2.55. The summed E-state index contributed by atoms with van der Waals surface area (Å²) in [4.78, 5) is 29.0. The first kappa shape index (κ1) is 23.1. The second-order valence-electron chi connectivity index (χ2n) is 9.58. The van der Waals surface area contributed by atoms with Crippen molar-refractivity contribution in [2.75, 3.05) is 25.5 Å². The van der Waals surface area contributed by atoms with Crippen LogP contribution in [-0.2, 0) is 7.05 Å². The van der Waals surface area contributed by atoms with E-state index in [0.717, 1.165) is 24.6 Å². The van der Waals surface area contributed by atoms with Crippen LogP contribution >= 0.6 is 0 Å². The van der Waals surface area contributed by atoms with Gasteiger partial charge in [-0.1, -0.05) is 0 Å². The quantitative estimate of drug-likeness (QED) is 0.605. The van der Waals surface area contributed by atoms with Crippen molar-refractivity contribution < 1.29 is 27.5 Å². The van der Waals surface area contributed by atoms with E-state index in [4.69, 9.17) is 0 Å². The summed E-state index contributed by atoms with van der Waals surface area (Å²) in [6.07, 6.45) is 1.92. The van der Waals surface area contributed by atoms with Crippen molar-refractivity contribution in [2.24, 2.45) is 12.5 Å². The van der Waals surface area contributed by atoms with Gasteiger partial charge in [0, 0.05) is 62.8 Å². The summed E-state index contributed by atoms with van der Waals surface area (Å²) in [6, 6.07) is 3.54. The van der Waals surface area contributed by atoms with Crippen molar-refractivity contribution in [3.05, 3.63) is 47.9 Å². The number of aryl methyl sites for hydroxylation is 2. The largest absolute Gasteiger partial charge is 0.573 e. The van der Waals surface area contributed by atoms with Crippen molar-refractivity contribution in [2.45, 2.75) is 32.2 Å². The number of carbonyl (C=O) groups excluding carboxylic acids is 2. The number of carbonyl (C=O) groups is 2. The van der Waals surface area contributed by atoms with Crippen molar-refractivity contribution in [3.63, 3.8) is 0 Å². The zero-order valence-corrected chi connectivity index (χ0v) is 19.5. The van der Waals surface area contributed by atoms with E-state index in [0.29, 0.717) is 24.2 Å². The zero-order valence-electron chi connectivity index (χ0n) is 19.5. The van der Waals surface area contributed by atoms with Gasteiger partial charge in [0.15, 0.2) is 0 Å². The van der Waals surface area contributed by atoms with Crippen molar-refractivity contribution >= 4 is 23.3 Å². The Balaban J connectivity index is 1.15. The Morgan fingerprint density at radius 2 is 1.91 bits per heavy atom. The topological polar surface area (TPSA) is 84.1 Å². The molecule has 2 fully saturated rings. The minimum Gasteiger partial charge on any atom is -0.406 e. The second-order valence-corrected chi connectivity index (χ2v) is 9.58. The Hall–Kier alpha value is -3.70. The highest BCUT2D eigenvalue weighted by Crippen LogP contribution is 2.50. The molecule has 1 saturated carbocycles. The highest BCUT2D eigenvalue weighted by molar-refractivity contribution is 6.00. The van der Waals surface area contributed by atoms with E-state index in [1.807, 2.05) is 17.8 Å². The molecular weight excluding hydrogens is 465 g/mol. The molecule has 35 heavy (non-hydrogen) atoms. The Morgan fingerprint density at radius 1 is 1.20 bits per heavy atom. The third-order valence-corrected chi connectivity index (χ3v) is 6.85. The second kappa shape index (κ2) is 7.92. The molecule has 1 aliphatic heterocycles. The maximum Gasteiger partial charge on any atom is 0.573 e. The predicted molar refractivity (Wildman–Crippen MR) is 120 cm³/mol. The summed E-state index contributed by atoms with van der Waals surface area (Å²) in [5.74, 6) is -0.443. The number of hydrogen-bond acceptors (Lipinski definition) is 4. The fraction of sp³-hybridized carbons (Fsp3) is 0.435. The number of hydrogen-bond donors (Lipinski definition) is 1. The van der Waals surface area contributed by atoms with Crippen LogP contribution < -0.4 is 10.1 Å². The number of likely N-dealkylation sites (tertiary alicyclic amines) is 1. The molecule has 12 heteroatoms. The molecule has 5 rings (SSSR count). The molecule has 186 valence electrons. The zero-order chi connectivity index (χ0) is 25.1. The van der Waals surface area contributed by atoms with E-state index in [9.17, 15) is 22.8 Å². The maximum absolute atomic E-state index is 13.0. The SMILES string of the molecule is Cc1cc(NC(=O)N(C)C2CC3(C2)CN(C(=O)c2cnn4ccn(C)c24)C3)cc(OC(F)(F)F)c1. The Morgan fingerprint density at radius 3 is 2.60 bits per heavy atom. The number of amides is 3. The first-order valence-electron chi connectivity index (χ1n) is 11.1. The molecule has 3 amide bonds. The molecule has 0 unspecified atom stereocenters. The Kier molecular flexibility index (Phi) is 5.22. The van der Waals surface area contributed by atoms with Crippen LogP contribution in [0.4, 0.5) is 23.7 Å². The number of nitrogens with one attached hydrogen (secondary N) is 1. The van der Waals surface area contributed by atoms with Gasteiger partial charge in [0.05, 0.1) is 6.20 Å². The lowest BCUT2D eigenvalue weighted by atomic mass is 9.60. The molecular formula is C23H25F3N6O3. The summed E-state index contributed by atoms with van der Waals surface area (Å²) >= 11 is 0. The standard InChI is InChI=1S/C23H25F3N6O3/c1-14-6-15(8-17(7-14)35-23(24,25)26)28-21(34)30(3)16-9-22(10-16)12-31(13-22)20(33)18-11-27-32-5-4-29(2)19(18)32/h4-8,11,16H,9-10,12-13H2,1-3H3,(H,28,34). The molecule has 1 aromatic carbocycles. The van der Waals surface area contributed by atoms with Gasteiger partial charge in [0.25, 0.3) is 5.91 Å². The van der Waals surface area contributed by atoms with Gasteiger partial charge in [-0.3, -0.25) is 4.79 Å². The van der Waals surface area contributed by atoms with Gasteiger partial charge in [0.1, 0.15) is 17.0 Å². The summed E-state index contributed by atoms with van der Waals surface area (Å²) in [6.45, 7) is 2.86. The molecule has 1 aliphatic carbocycles. The first-order chi connectivity index (χ1) is 16.4. The van der Waals surface area contributed by atoms with E-state index >= 15 is 0 Å². The predicted octanol–water partition coefficient (Wildman–Crippen LogP) is 3.65. The Labute approximate surface area is 199 Å². The van der Waals surface area contributed by atoms with Gasteiger partial charge in [-0.05, 0) is 37.5 Å². The monoisotopic (exact) mass is 490 g/mol. The lowest BCUT2D eigenvalue weighted by Crippen LogP contribution is -2.67. The van der Waals surface area contributed by atoms with Gasteiger partial charge in [-0.15, -0.1) is 13.2 Å². The first-order valence-corrected chi connectivity index (χ1v) is 11.1. The summed E-state index contributed by atoms with van der Waals surface area (Å²) in [5.41, 5.74) is 2.05. The lowest BCUT2D eigenvalue weighted by Gasteiger charge is -2.60. The molecule has 2 aromatic heterocycles. The molecule has 9 nitrogen and oxygen atoms in total. The van der Waals surface area contributed by atoms with Crippen LogP contribution in [0.25, 0.3) is 5.65 Å². The van der Waals surface area contributed by atoms with Crippen LogP contribution in [0.15, 0.2) is 36.8 Å². The van der Waals surface area contributed by atoms with E-state index in [-0.39, 0.29) is 28.8 Å². The molecule has 0 bridgehead atoms. The molecule has 3 heterocycles. The van der Waals surface area contributed by atoms with Crippen LogP contribution in [-0.4, -0.2) is 68.5 Å². The normalized spacial score (nSPS) is 17.3. The third kappa shape index (κ3) is 4.28. The van der Waals surface area contributed by atoms with Gasteiger partial charge in [-0.2, -0.15) is 5.10 Å². The number of anilines is 1. The molecule has 1 spiro atoms. The molecule has 1 N–H and O–H groups in total. The molecule has 1 saturated heterocycles. The average molecular weight is 490 g/mol. The van der Waals surface area contributed by atoms with Gasteiger partial charge in [-0.25, -0.2) is 9.31 Å². The number of ether oxygens (including phenoxy) is 1. The highest BCUT2D eigenvalue weighted by atomic mass is 19.4. The number of fused-ring (bicyclic) bond motifs is 1. The van der Waals surface area contributed by atoms with Crippen LogP contribution in [0.2, 0.25) is 0 Å². The van der Waals surface area contributed by atoms with Crippen LogP contribution in [0.3, 0.4) is 0 Å². The molecule has 0 radical (unpaired) electrons. The third-order valence-electron chi connectivity index (χ3n) is 6.85.